The van der Waals surface area contributed by atoms with Crippen LogP contribution in [-0.4, -0.2) is 44.6 Å². The van der Waals surface area contributed by atoms with E-state index in [1.54, 1.807) is 0 Å². The van der Waals surface area contributed by atoms with E-state index >= 15 is 0 Å². The first-order valence-electron chi connectivity index (χ1n) is 9.55. The summed E-state index contributed by atoms with van der Waals surface area (Å²) in [7, 11) is 0. The summed E-state index contributed by atoms with van der Waals surface area (Å²) < 4.78 is 6.77. The van der Waals surface area contributed by atoms with Gasteiger partial charge in [-0.3, -0.25) is 4.79 Å². The van der Waals surface area contributed by atoms with Gasteiger partial charge in [0.25, 0.3) is 11.7 Å². The zero-order valence-corrected chi connectivity index (χ0v) is 17.1. The van der Waals surface area contributed by atoms with Gasteiger partial charge in [0.05, 0.1) is 23.7 Å². The van der Waals surface area contributed by atoms with E-state index in [1.165, 1.54) is 21.9 Å². The number of amides is 1. The molecule has 1 aromatic carbocycles. The number of ether oxygens (including phenoxy) is 1. The molecule has 2 heterocycles. The molecule has 0 aliphatic rings. The Morgan fingerprint density at radius 2 is 1.93 bits per heavy atom. The van der Waals surface area contributed by atoms with E-state index in [9.17, 15) is 9.59 Å². The smallest absolute Gasteiger partial charge is 0.342 e. The Morgan fingerprint density at radius 3 is 2.60 bits per heavy atom. The van der Waals surface area contributed by atoms with Gasteiger partial charge in [0.1, 0.15) is 6.33 Å². The summed E-state index contributed by atoms with van der Waals surface area (Å²) in [4.78, 5) is 35.0. The minimum absolute atomic E-state index is 0.166. The van der Waals surface area contributed by atoms with Crippen molar-refractivity contribution in [3.8, 4) is 6.07 Å². The molecule has 0 aliphatic carbocycles. The van der Waals surface area contributed by atoms with Crippen molar-refractivity contribution < 1.29 is 14.3 Å². The highest BCUT2D eigenvalue weighted by Crippen LogP contribution is 2.20. The van der Waals surface area contributed by atoms with Crippen molar-refractivity contribution in [1.82, 2.24) is 19.6 Å². The number of nitriles is 1. The number of esters is 1. The molecule has 0 spiro atoms. The standard InChI is InChI=1S/C21H22N6O3/c1-4-18-17(11-23-21-24-13-25-27(18)21)20(29)30-12-19(28)26(7-5-6-22)16-9-14(2)8-15(3)10-16/h8-11,13H,4-5,7,12H2,1-3H3. The van der Waals surface area contributed by atoms with Crippen LogP contribution in [-0.2, 0) is 16.0 Å². The Hall–Kier alpha value is -3.80. The summed E-state index contributed by atoms with van der Waals surface area (Å²) in [5.41, 5.74) is 3.50. The summed E-state index contributed by atoms with van der Waals surface area (Å²) in [5, 5.41) is 13.0. The Kier molecular flexibility index (Phi) is 6.37. The molecule has 0 radical (unpaired) electrons. The monoisotopic (exact) mass is 406 g/mol. The molecule has 2 aromatic heterocycles. The minimum Gasteiger partial charge on any atom is -0.452 e. The maximum Gasteiger partial charge on any atom is 0.342 e. The van der Waals surface area contributed by atoms with Crippen LogP contribution in [0.2, 0.25) is 0 Å². The van der Waals surface area contributed by atoms with Gasteiger partial charge in [0, 0.05) is 18.4 Å². The molecule has 3 aromatic rings. The topological polar surface area (TPSA) is 113 Å². The molecule has 3 rings (SSSR count). The van der Waals surface area contributed by atoms with Gasteiger partial charge in [-0.05, 0) is 43.5 Å². The Bertz CT molecular complexity index is 1110. The summed E-state index contributed by atoms with van der Waals surface area (Å²) in [6.45, 7) is 5.51. The average molecular weight is 406 g/mol. The summed E-state index contributed by atoms with van der Waals surface area (Å²) in [5.74, 6) is -0.681. The number of carbonyl (C=O) groups is 2. The third-order valence-corrected chi connectivity index (χ3v) is 4.55. The third-order valence-electron chi connectivity index (χ3n) is 4.55. The molecule has 0 saturated carbocycles. The van der Waals surface area contributed by atoms with Crippen molar-refractivity contribution in [2.45, 2.75) is 33.6 Å². The lowest BCUT2D eigenvalue weighted by Gasteiger charge is -2.22. The average Bonchev–Trinajstić information content (AvgIpc) is 3.19. The van der Waals surface area contributed by atoms with Gasteiger partial charge in [-0.25, -0.2) is 14.3 Å². The second-order valence-corrected chi connectivity index (χ2v) is 6.82. The highest BCUT2D eigenvalue weighted by atomic mass is 16.5. The molecule has 0 atom stereocenters. The Morgan fingerprint density at radius 1 is 1.20 bits per heavy atom. The number of hydrogen-bond donors (Lipinski definition) is 0. The van der Waals surface area contributed by atoms with Gasteiger partial charge < -0.3 is 9.64 Å². The molecule has 154 valence electrons. The van der Waals surface area contributed by atoms with Crippen LogP contribution < -0.4 is 4.90 Å². The number of aryl methyl sites for hydroxylation is 3. The maximum absolute atomic E-state index is 12.8. The number of carbonyl (C=O) groups excluding carboxylic acids is 2. The summed E-state index contributed by atoms with van der Waals surface area (Å²) in [6.07, 6.45) is 3.42. The van der Waals surface area contributed by atoms with Crippen molar-refractivity contribution in [3.63, 3.8) is 0 Å². The van der Waals surface area contributed by atoms with Gasteiger partial charge >= 0.3 is 5.97 Å². The fourth-order valence-electron chi connectivity index (χ4n) is 3.28. The number of fused-ring (bicyclic) bond motifs is 1. The number of anilines is 1. The molecule has 0 fully saturated rings. The molecular formula is C21H22N6O3. The first-order valence-corrected chi connectivity index (χ1v) is 9.55. The summed E-state index contributed by atoms with van der Waals surface area (Å²) in [6, 6.07) is 7.77. The van der Waals surface area contributed by atoms with Crippen LogP contribution in [0.25, 0.3) is 5.78 Å². The predicted molar refractivity (Wildman–Crippen MR) is 109 cm³/mol. The van der Waals surface area contributed by atoms with Crippen LogP contribution in [0.5, 0.6) is 0 Å². The number of nitrogens with zero attached hydrogens (tertiary/aromatic N) is 6. The molecule has 1 amide bonds. The van der Waals surface area contributed by atoms with Crippen LogP contribution in [0.3, 0.4) is 0 Å². The molecule has 0 aliphatic heterocycles. The van der Waals surface area contributed by atoms with Crippen molar-refractivity contribution in [2.24, 2.45) is 0 Å². The van der Waals surface area contributed by atoms with E-state index in [4.69, 9.17) is 10.00 Å². The first kappa shape index (κ1) is 20.9. The van der Waals surface area contributed by atoms with Crippen molar-refractivity contribution in [1.29, 1.82) is 5.26 Å². The van der Waals surface area contributed by atoms with Crippen LogP contribution in [0.15, 0.2) is 30.7 Å². The second-order valence-electron chi connectivity index (χ2n) is 6.82. The van der Waals surface area contributed by atoms with Gasteiger partial charge in [-0.15, -0.1) is 0 Å². The summed E-state index contributed by atoms with van der Waals surface area (Å²) >= 11 is 0. The normalized spacial score (nSPS) is 10.6. The van der Waals surface area contributed by atoms with E-state index in [1.807, 2.05) is 45.0 Å². The second kappa shape index (κ2) is 9.13. The molecular weight excluding hydrogens is 384 g/mol. The first-order chi connectivity index (χ1) is 14.4. The molecule has 0 saturated heterocycles. The van der Waals surface area contributed by atoms with E-state index in [2.05, 4.69) is 15.1 Å². The van der Waals surface area contributed by atoms with E-state index in [0.29, 0.717) is 23.6 Å². The Balaban J connectivity index is 1.78. The van der Waals surface area contributed by atoms with Gasteiger partial charge in [-0.1, -0.05) is 13.0 Å². The highest BCUT2D eigenvalue weighted by molar-refractivity contribution is 5.97. The zero-order chi connectivity index (χ0) is 21.7. The van der Waals surface area contributed by atoms with Crippen LogP contribution in [0.1, 0.15) is 40.5 Å². The van der Waals surface area contributed by atoms with Gasteiger partial charge in [0.2, 0.25) is 0 Å². The van der Waals surface area contributed by atoms with Crippen LogP contribution in [0, 0.1) is 25.2 Å². The predicted octanol–water partition coefficient (Wildman–Crippen LogP) is 2.41. The fourth-order valence-corrected chi connectivity index (χ4v) is 3.28. The van der Waals surface area contributed by atoms with E-state index in [0.717, 1.165) is 11.1 Å². The van der Waals surface area contributed by atoms with Gasteiger partial charge in [-0.2, -0.15) is 15.3 Å². The lowest BCUT2D eigenvalue weighted by atomic mass is 10.1. The maximum atomic E-state index is 12.8. The molecule has 30 heavy (non-hydrogen) atoms. The van der Waals surface area contributed by atoms with Crippen molar-refractivity contribution >= 4 is 23.3 Å². The lowest BCUT2D eigenvalue weighted by Crippen LogP contribution is -2.35. The number of rotatable bonds is 7. The number of aromatic nitrogens is 4. The van der Waals surface area contributed by atoms with Gasteiger partial charge in [0.15, 0.2) is 6.61 Å². The molecule has 9 nitrogen and oxygen atoms in total. The molecule has 0 unspecified atom stereocenters. The van der Waals surface area contributed by atoms with E-state index < -0.39 is 18.5 Å². The lowest BCUT2D eigenvalue weighted by molar-refractivity contribution is -0.121. The third kappa shape index (κ3) is 4.43. The minimum atomic E-state index is -0.661. The fraction of sp³-hybridized carbons (Fsp3) is 0.333. The number of hydrogen-bond acceptors (Lipinski definition) is 7. The quantitative estimate of drug-likeness (QED) is 0.554. The van der Waals surface area contributed by atoms with Crippen LogP contribution in [0.4, 0.5) is 5.69 Å². The molecule has 0 bridgehead atoms. The Labute approximate surface area is 173 Å². The zero-order valence-electron chi connectivity index (χ0n) is 17.1. The molecule has 9 heteroatoms. The number of benzene rings is 1. The largest absolute Gasteiger partial charge is 0.452 e. The van der Waals surface area contributed by atoms with Crippen molar-refractivity contribution in [3.05, 3.63) is 53.1 Å². The van der Waals surface area contributed by atoms with E-state index in [-0.39, 0.29) is 18.5 Å². The van der Waals surface area contributed by atoms with Crippen LogP contribution >= 0.6 is 0 Å². The molecule has 0 N–H and O–H groups in total. The highest BCUT2D eigenvalue weighted by Gasteiger charge is 2.21. The van der Waals surface area contributed by atoms with Crippen molar-refractivity contribution in [2.75, 3.05) is 18.1 Å². The SMILES string of the molecule is CCc1c(C(=O)OCC(=O)N(CCC#N)c2cc(C)cc(C)c2)cnc2ncnn12.